The van der Waals surface area contributed by atoms with Crippen molar-refractivity contribution in [2.45, 2.75) is 46.0 Å². The van der Waals surface area contributed by atoms with Gasteiger partial charge in [-0.1, -0.05) is 13.3 Å². The zero-order chi connectivity index (χ0) is 11.3. The fraction of sp³-hybridized carbons (Fsp3) is 0.917. The van der Waals surface area contributed by atoms with E-state index >= 15 is 0 Å². The highest BCUT2D eigenvalue weighted by atomic mass is 16.2. The zero-order valence-electron chi connectivity index (χ0n) is 10.1. The lowest BCUT2D eigenvalue weighted by Gasteiger charge is -2.41. The molecule has 88 valence electrons. The number of nitrogens with zero attached hydrogens (tertiary/aromatic N) is 1. The van der Waals surface area contributed by atoms with Gasteiger partial charge in [0.2, 0.25) is 5.91 Å². The summed E-state index contributed by atoms with van der Waals surface area (Å²) in [7, 11) is 0. The van der Waals surface area contributed by atoms with Crippen molar-refractivity contribution in [2.24, 2.45) is 11.1 Å². The van der Waals surface area contributed by atoms with Crippen LogP contribution in [0.1, 0.15) is 46.0 Å². The lowest BCUT2D eigenvalue weighted by molar-refractivity contribution is -0.135. The highest BCUT2D eigenvalue weighted by molar-refractivity contribution is 5.77. The Hall–Kier alpha value is -0.570. The molecule has 1 fully saturated rings. The summed E-state index contributed by atoms with van der Waals surface area (Å²) in [5, 5.41) is 0. The van der Waals surface area contributed by atoms with E-state index in [0.717, 1.165) is 32.4 Å². The van der Waals surface area contributed by atoms with Gasteiger partial charge in [0.1, 0.15) is 0 Å². The second-order valence-corrected chi connectivity index (χ2v) is 4.71. The van der Waals surface area contributed by atoms with Gasteiger partial charge in [-0.05, 0) is 38.1 Å². The van der Waals surface area contributed by atoms with Gasteiger partial charge < -0.3 is 10.6 Å². The quantitative estimate of drug-likeness (QED) is 0.729. The summed E-state index contributed by atoms with van der Waals surface area (Å²) < 4.78 is 0. The second-order valence-electron chi connectivity index (χ2n) is 4.71. The van der Waals surface area contributed by atoms with E-state index in [1.165, 1.54) is 6.42 Å². The Kier molecular flexibility index (Phi) is 4.58. The van der Waals surface area contributed by atoms with E-state index in [2.05, 4.69) is 6.92 Å². The monoisotopic (exact) mass is 212 g/mol. The normalized spacial score (nSPS) is 18.3. The van der Waals surface area contributed by atoms with Crippen molar-refractivity contribution < 1.29 is 4.79 Å². The molecule has 0 bridgehead atoms. The van der Waals surface area contributed by atoms with Gasteiger partial charge in [0.05, 0.1) is 0 Å². The molecule has 3 heteroatoms. The van der Waals surface area contributed by atoms with Gasteiger partial charge in [0.15, 0.2) is 0 Å². The summed E-state index contributed by atoms with van der Waals surface area (Å²) in [6.07, 6.45) is 5.22. The Morgan fingerprint density at radius 3 is 2.40 bits per heavy atom. The number of carbonyl (C=O) groups excluding carboxylic acids is 1. The van der Waals surface area contributed by atoms with E-state index < -0.39 is 0 Å². The topological polar surface area (TPSA) is 46.3 Å². The molecule has 1 aliphatic rings. The van der Waals surface area contributed by atoms with Crippen LogP contribution in [0.5, 0.6) is 0 Å². The molecular weight excluding hydrogens is 188 g/mol. The predicted molar refractivity (Wildman–Crippen MR) is 62.5 cm³/mol. The van der Waals surface area contributed by atoms with Crippen LogP contribution in [0.2, 0.25) is 0 Å². The van der Waals surface area contributed by atoms with Gasteiger partial charge in [-0.2, -0.15) is 0 Å². The van der Waals surface area contributed by atoms with Crippen LogP contribution in [-0.2, 0) is 4.79 Å². The van der Waals surface area contributed by atoms with Crippen LogP contribution < -0.4 is 5.73 Å². The van der Waals surface area contributed by atoms with Crippen LogP contribution in [0.3, 0.4) is 0 Å². The zero-order valence-corrected chi connectivity index (χ0v) is 10.1. The summed E-state index contributed by atoms with van der Waals surface area (Å²) in [5.74, 6) is 0.296. The first kappa shape index (κ1) is 12.5. The third kappa shape index (κ3) is 2.94. The third-order valence-electron chi connectivity index (χ3n) is 3.60. The summed E-state index contributed by atoms with van der Waals surface area (Å²) >= 11 is 0. The van der Waals surface area contributed by atoms with Gasteiger partial charge in [-0.25, -0.2) is 0 Å². The first-order chi connectivity index (χ1) is 7.17. The molecule has 0 aromatic carbocycles. The molecule has 0 aromatic rings. The molecule has 0 aliphatic heterocycles. The Morgan fingerprint density at radius 1 is 1.40 bits per heavy atom. The predicted octanol–water partition coefficient (Wildman–Crippen LogP) is 1.76. The lowest BCUT2D eigenvalue weighted by atomic mass is 9.66. The number of rotatable bonds is 6. The van der Waals surface area contributed by atoms with Gasteiger partial charge in [0.25, 0.3) is 0 Å². The number of amides is 1. The third-order valence-corrected chi connectivity index (χ3v) is 3.60. The minimum atomic E-state index is 0.151. The van der Waals surface area contributed by atoms with Gasteiger partial charge in [-0.3, -0.25) is 4.79 Å². The fourth-order valence-electron chi connectivity index (χ4n) is 2.29. The minimum absolute atomic E-state index is 0.151. The van der Waals surface area contributed by atoms with Crippen molar-refractivity contribution in [3.05, 3.63) is 0 Å². The molecule has 3 nitrogen and oxygen atoms in total. The summed E-state index contributed by atoms with van der Waals surface area (Å²) in [6.45, 7) is 6.53. The fourth-order valence-corrected chi connectivity index (χ4v) is 2.29. The molecule has 0 unspecified atom stereocenters. The summed E-state index contributed by atoms with van der Waals surface area (Å²) in [4.78, 5) is 14.0. The van der Waals surface area contributed by atoms with Crippen LogP contribution >= 0.6 is 0 Å². The molecule has 1 saturated carbocycles. The molecule has 2 N–H and O–H groups in total. The first-order valence-electron chi connectivity index (χ1n) is 6.15. The Labute approximate surface area is 93.0 Å². The molecule has 0 saturated heterocycles. The van der Waals surface area contributed by atoms with Crippen LogP contribution in [0, 0.1) is 5.41 Å². The number of hydrogen-bond acceptors (Lipinski definition) is 2. The lowest BCUT2D eigenvalue weighted by Crippen LogP contribution is -2.43. The average molecular weight is 212 g/mol. The largest absolute Gasteiger partial charge is 0.343 e. The minimum Gasteiger partial charge on any atom is -0.343 e. The van der Waals surface area contributed by atoms with Crippen LogP contribution in [0.15, 0.2) is 0 Å². The molecule has 0 radical (unpaired) electrons. The van der Waals surface area contributed by atoms with E-state index in [1.54, 1.807) is 0 Å². The maximum absolute atomic E-state index is 12.0. The average Bonchev–Trinajstić information content (AvgIpc) is 2.19. The molecule has 1 amide bonds. The van der Waals surface area contributed by atoms with Gasteiger partial charge in [-0.15, -0.1) is 0 Å². The first-order valence-corrected chi connectivity index (χ1v) is 6.15. The Bertz CT molecular complexity index is 206. The molecule has 0 heterocycles. The van der Waals surface area contributed by atoms with Crippen molar-refractivity contribution in [1.29, 1.82) is 0 Å². The van der Waals surface area contributed by atoms with E-state index in [0.29, 0.717) is 18.9 Å². The van der Waals surface area contributed by atoms with Gasteiger partial charge >= 0.3 is 0 Å². The summed E-state index contributed by atoms with van der Waals surface area (Å²) in [5.41, 5.74) is 5.91. The van der Waals surface area contributed by atoms with E-state index in [9.17, 15) is 4.79 Å². The van der Waals surface area contributed by atoms with Crippen molar-refractivity contribution >= 4 is 5.91 Å². The van der Waals surface area contributed by atoms with Crippen molar-refractivity contribution in [2.75, 3.05) is 19.6 Å². The SMILES string of the molecule is CCCN(CC)C(=O)CC1(CN)CCC1. The second kappa shape index (κ2) is 5.50. The Morgan fingerprint density at radius 2 is 2.07 bits per heavy atom. The van der Waals surface area contributed by atoms with Crippen LogP contribution in [0.4, 0.5) is 0 Å². The highest BCUT2D eigenvalue weighted by Crippen LogP contribution is 2.43. The van der Waals surface area contributed by atoms with Gasteiger partial charge in [0, 0.05) is 19.5 Å². The number of carbonyl (C=O) groups is 1. The molecule has 1 rings (SSSR count). The maximum atomic E-state index is 12.0. The van der Waals surface area contributed by atoms with Crippen LogP contribution in [-0.4, -0.2) is 30.4 Å². The van der Waals surface area contributed by atoms with Crippen molar-refractivity contribution in [1.82, 2.24) is 4.90 Å². The van der Waals surface area contributed by atoms with E-state index in [-0.39, 0.29) is 5.41 Å². The van der Waals surface area contributed by atoms with Crippen molar-refractivity contribution in [3.8, 4) is 0 Å². The summed E-state index contributed by atoms with van der Waals surface area (Å²) in [6, 6.07) is 0. The Balaban J connectivity index is 2.45. The molecule has 15 heavy (non-hydrogen) atoms. The molecule has 0 atom stereocenters. The van der Waals surface area contributed by atoms with E-state index in [4.69, 9.17) is 5.73 Å². The maximum Gasteiger partial charge on any atom is 0.223 e. The highest BCUT2D eigenvalue weighted by Gasteiger charge is 2.38. The standard InChI is InChI=1S/C12H24N2O/c1-3-8-14(4-2)11(15)9-12(10-13)6-5-7-12/h3-10,13H2,1-2H3. The number of nitrogens with two attached hydrogens (primary N) is 1. The molecule has 0 aromatic heterocycles. The molecule has 1 aliphatic carbocycles. The van der Waals surface area contributed by atoms with Crippen molar-refractivity contribution in [3.63, 3.8) is 0 Å². The smallest absolute Gasteiger partial charge is 0.223 e. The molecular formula is C12H24N2O. The van der Waals surface area contributed by atoms with E-state index in [1.807, 2.05) is 11.8 Å². The van der Waals surface area contributed by atoms with Crippen LogP contribution in [0.25, 0.3) is 0 Å². The number of hydrogen-bond donors (Lipinski definition) is 1. The molecule has 0 spiro atoms.